The highest BCUT2D eigenvalue weighted by atomic mass is 19.1. The Morgan fingerprint density at radius 2 is 1.12 bits per heavy atom. The van der Waals surface area contributed by atoms with E-state index in [0.29, 0.717) is 11.4 Å². The third kappa shape index (κ3) is 1.66. The third-order valence-corrected chi connectivity index (χ3v) is 2.60. The fourth-order valence-electron chi connectivity index (χ4n) is 1.63. The molecule has 2 aromatic rings. The van der Waals surface area contributed by atoms with Gasteiger partial charge in [0.05, 0.1) is 0 Å². The highest BCUT2D eigenvalue weighted by molar-refractivity contribution is 5.45. The predicted octanol–water partition coefficient (Wildman–Crippen LogP) is 1.28. The molecule has 0 saturated heterocycles. The Balaban J connectivity index is 2.68. The fourth-order valence-corrected chi connectivity index (χ4v) is 1.63. The summed E-state index contributed by atoms with van der Waals surface area (Å²) in [5, 5.41) is 0. The minimum atomic E-state index is -0.359. The van der Waals surface area contributed by atoms with Crippen LogP contribution in [0.4, 0.5) is 8.78 Å². The number of aromatic nitrogens is 2. The van der Waals surface area contributed by atoms with Gasteiger partial charge >= 0.3 is 11.9 Å². The smallest absolute Gasteiger partial charge is 0.164 e. The average Bonchev–Trinajstić information content (AvgIpc) is 2.27. The first-order chi connectivity index (χ1) is 7.61. The molecule has 0 radical (unpaired) electrons. The van der Waals surface area contributed by atoms with Crippen LogP contribution in [0.15, 0.2) is 36.4 Å². The summed E-state index contributed by atoms with van der Waals surface area (Å²) in [6.07, 6.45) is 0. The Bertz CT molecular complexity index is 489. The van der Waals surface area contributed by atoms with Crippen molar-refractivity contribution in [1.29, 1.82) is 0 Å². The summed E-state index contributed by atoms with van der Waals surface area (Å²) < 4.78 is 29.5. The van der Waals surface area contributed by atoms with Gasteiger partial charge in [0.15, 0.2) is 0 Å². The molecule has 0 amide bonds. The molecule has 0 atom stereocenters. The number of nitrogens with zero attached hydrogens (tertiary/aromatic N) is 2. The number of rotatable bonds is 1. The Labute approximate surface area is 92.4 Å². The monoisotopic (exact) mass is 222 g/mol. The lowest BCUT2D eigenvalue weighted by Gasteiger charge is -1.99. The van der Waals surface area contributed by atoms with Crippen molar-refractivity contribution < 1.29 is 17.9 Å². The zero-order valence-electron chi connectivity index (χ0n) is 9.11. The largest absolute Gasteiger partial charge is 0.359 e. The SMILES string of the molecule is C[n+]1c(F)cccc1-c1cccc(F)[n+]1C. The van der Waals surface area contributed by atoms with Gasteiger partial charge in [0.25, 0.3) is 11.4 Å². The van der Waals surface area contributed by atoms with Crippen LogP contribution in [-0.2, 0) is 14.1 Å². The maximum atomic E-state index is 13.4. The van der Waals surface area contributed by atoms with Crippen LogP contribution in [0.25, 0.3) is 11.4 Å². The zero-order chi connectivity index (χ0) is 11.7. The van der Waals surface area contributed by atoms with Crippen molar-refractivity contribution in [3.8, 4) is 11.4 Å². The molecule has 0 unspecified atom stereocenters. The number of halogens is 2. The van der Waals surface area contributed by atoms with E-state index >= 15 is 0 Å². The van der Waals surface area contributed by atoms with Crippen LogP contribution in [0.5, 0.6) is 0 Å². The van der Waals surface area contributed by atoms with Crippen molar-refractivity contribution in [3.05, 3.63) is 48.3 Å². The summed E-state index contributed by atoms with van der Waals surface area (Å²) in [5.41, 5.74) is 1.25. The van der Waals surface area contributed by atoms with E-state index in [1.807, 2.05) is 0 Å². The van der Waals surface area contributed by atoms with Crippen LogP contribution >= 0.6 is 0 Å². The first-order valence-corrected chi connectivity index (χ1v) is 4.90. The highest BCUT2D eigenvalue weighted by Gasteiger charge is 2.23. The molecule has 0 aromatic carbocycles. The van der Waals surface area contributed by atoms with Crippen molar-refractivity contribution in [3.63, 3.8) is 0 Å². The van der Waals surface area contributed by atoms with E-state index in [0.717, 1.165) is 0 Å². The van der Waals surface area contributed by atoms with E-state index in [2.05, 4.69) is 0 Å². The topological polar surface area (TPSA) is 7.76 Å². The molecule has 0 bridgehead atoms. The van der Waals surface area contributed by atoms with Crippen molar-refractivity contribution in [2.75, 3.05) is 0 Å². The van der Waals surface area contributed by atoms with E-state index < -0.39 is 0 Å². The van der Waals surface area contributed by atoms with Crippen LogP contribution in [0, 0.1) is 11.9 Å². The van der Waals surface area contributed by atoms with E-state index in [4.69, 9.17) is 0 Å². The molecule has 0 saturated carbocycles. The molecule has 0 N–H and O–H groups in total. The van der Waals surface area contributed by atoms with Gasteiger partial charge in [-0.2, -0.15) is 9.13 Å². The van der Waals surface area contributed by atoms with Crippen LogP contribution in [0.1, 0.15) is 0 Å². The average molecular weight is 222 g/mol. The molecule has 0 spiro atoms. The molecule has 2 rings (SSSR count). The van der Waals surface area contributed by atoms with Gasteiger partial charge in [-0.3, -0.25) is 0 Å². The number of hydrogen-bond donors (Lipinski definition) is 0. The summed E-state index contributed by atoms with van der Waals surface area (Å²) in [5.74, 6) is -0.719. The number of hydrogen-bond acceptors (Lipinski definition) is 0. The second-order valence-corrected chi connectivity index (χ2v) is 3.59. The lowest BCUT2D eigenvalue weighted by Crippen LogP contribution is -2.42. The van der Waals surface area contributed by atoms with Crippen LogP contribution in [0.2, 0.25) is 0 Å². The first kappa shape index (κ1) is 10.7. The van der Waals surface area contributed by atoms with E-state index in [-0.39, 0.29) is 11.9 Å². The Hall–Kier alpha value is -1.84. The molecular formula is C12H12F2N2+2. The van der Waals surface area contributed by atoms with Gasteiger partial charge in [0, 0.05) is 24.3 Å². The summed E-state index contributed by atoms with van der Waals surface area (Å²) in [6, 6.07) is 9.44. The summed E-state index contributed by atoms with van der Waals surface area (Å²) in [7, 11) is 3.21. The standard InChI is InChI=1S/C12H12F2N2/c1-15-9(5-3-7-11(15)13)10-6-4-8-12(14)16(10)2/h3-8H,1-2H3/q+2. The van der Waals surface area contributed by atoms with Gasteiger partial charge in [-0.1, -0.05) is 0 Å². The lowest BCUT2D eigenvalue weighted by atomic mass is 10.2. The molecule has 2 nitrogen and oxygen atoms in total. The van der Waals surface area contributed by atoms with Gasteiger partial charge < -0.3 is 0 Å². The summed E-state index contributed by atoms with van der Waals surface area (Å²) in [6.45, 7) is 0. The third-order valence-electron chi connectivity index (χ3n) is 2.60. The molecule has 0 fully saturated rings. The second-order valence-electron chi connectivity index (χ2n) is 3.59. The zero-order valence-corrected chi connectivity index (χ0v) is 9.11. The Morgan fingerprint density at radius 3 is 1.50 bits per heavy atom. The lowest BCUT2D eigenvalue weighted by molar-refractivity contribution is -0.718. The van der Waals surface area contributed by atoms with Gasteiger partial charge in [0.2, 0.25) is 0 Å². The van der Waals surface area contributed by atoms with Crippen molar-refractivity contribution in [1.82, 2.24) is 0 Å². The molecule has 2 aromatic heterocycles. The first-order valence-electron chi connectivity index (χ1n) is 4.90. The summed E-state index contributed by atoms with van der Waals surface area (Å²) >= 11 is 0. The van der Waals surface area contributed by atoms with Gasteiger partial charge in [0.1, 0.15) is 14.1 Å². The van der Waals surface area contributed by atoms with Crippen LogP contribution in [0.3, 0.4) is 0 Å². The van der Waals surface area contributed by atoms with Gasteiger partial charge in [-0.15, -0.1) is 8.78 Å². The van der Waals surface area contributed by atoms with Crippen molar-refractivity contribution >= 4 is 0 Å². The molecule has 0 aliphatic rings. The van der Waals surface area contributed by atoms with Crippen LogP contribution in [-0.4, -0.2) is 0 Å². The van der Waals surface area contributed by atoms with E-state index in [9.17, 15) is 8.78 Å². The summed E-state index contributed by atoms with van der Waals surface area (Å²) in [4.78, 5) is 0. The fraction of sp³-hybridized carbons (Fsp3) is 0.167. The Kier molecular flexibility index (Phi) is 2.64. The molecule has 2 heterocycles. The number of pyridine rings is 2. The molecule has 0 aliphatic carbocycles. The van der Waals surface area contributed by atoms with Crippen LogP contribution < -0.4 is 9.13 Å². The molecule has 16 heavy (non-hydrogen) atoms. The molecule has 82 valence electrons. The van der Waals surface area contributed by atoms with E-state index in [1.165, 1.54) is 21.3 Å². The van der Waals surface area contributed by atoms with Crippen molar-refractivity contribution in [2.24, 2.45) is 14.1 Å². The maximum Gasteiger partial charge on any atom is 0.359 e. The van der Waals surface area contributed by atoms with E-state index in [1.54, 1.807) is 38.4 Å². The van der Waals surface area contributed by atoms with Crippen molar-refractivity contribution in [2.45, 2.75) is 0 Å². The molecule has 0 aliphatic heterocycles. The predicted molar refractivity (Wildman–Crippen MR) is 54.1 cm³/mol. The molecule has 4 heteroatoms. The quantitative estimate of drug-likeness (QED) is 0.507. The van der Waals surface area contributed by atoms with Gasteiger partial charge in [-0.25, -0.2) is 0 Å². The second kappa shape index (κ2) is 3.96. The maximum absolute atomic E-state index is 13.4. The Morgan fingerprint density at radius 1 is 0.750 bits per heavy atom. The van der Waals surface area contributed by atoms with Gasteiger partial charge in [-0.05, 0) is 12.1 Å². The molecular weight excluding hydrogens is 210 g/mol. The highest BCUT2D eigenvalue weighted by Crippen LogP contribution is 2.10. The normalized spacial score (nSPS) is 10.5. The minimum absolute atomic E-state index is 0.359. The minimum Gasteiger partial charge on any atom is -0.164 e.